The van der Waals surface area contributed by atoms with Crippen molar-refractivity contribution in [2.75, 3.05) is 13.1 Å². The smallest absolute Gasteiger partial charge is 0.126 e. The second-order valence-electron chi connectivity index (χ2n) is 4.37. The van der Waals surface area contributed by atoms with Crippen LogP contribution in [0.2, 0.25) is 0 Å². The molecule has 0 unspecified atom stereocenters. The predicted molar refractivity (Wildman–Crippen MR) is 66.0 cm³/mol. The van der Waals surface area contributed by atoms with Gasteiger partial charge in [0.1, 0.15) is 5.82 Å². The van der Waals surface area contributed by atoms with Crippen LogP contribution in [-0.4, -0.2) is 19.1 Å². The van der Waals surface area contributed by atoms with Gasteiger partial charge in [0.05, 0.1) is 0 Å². The van der Waals surface area contributed by atoms with E-state index in [9.17, 15) is 4.39 Å². The van der Waals surface area contributed by atoms with Crippen molar-refractivity contribution in [2.24, 2.45) is 0 Å². The lowest BCUT2D eigenvalue weighted by Gasteiger charge is -2.09. The quantitative estimate of drug-likeness (QED) is 0.724. The van der Waals surface area contributed by atoms with Crippen LogP contribution in [0.1, 0.15) is 25.0 Å². The summed E-state index contributed by atoms with van der Waals surface area (Å²) in [6.45, 7) is 8.57. The highest BCUT2D eigenvalue weighted by atomic mass is 19.1. The van der Waals surface area contributed by atoms with Crippen LogP contribution in [0.25, 0.3) is 0 Å². The third kappa shape index (κ3) is 4.73. The maximum Gasteiger partial charge on any atom is 0.126 e. The third-order valence-corrected chi connectivity index (χ3v) is 2.42. The minimum absolute atomic E-state index is 0.125. The van der Waals surface area contributed by atoms with Crippen molar-refractivity contribution in [3.8, 4) is 0 Å². The van der Waals surface area contributed by atoms with E-state index in [2.05, 4.69) is 24.5 Å². The zero-order chi connectivity index (χ0) is 12.0. The van der Waals surface area contributed by atoms with E-state index in [0.29, 0.717) is 11.6 Å². The number of hydrogen-bond acceptors (Lipinski definition) is 2. The molecule has 2 N–H and O–H groups in total. The molecule has 0 aromatic heterocycles. The first-order chi connectivity index (χ1) is 7.59. The first-order valence-corrected chi connectivity index (χ1v) is 5.78. The van der Waals surface area contributed by atoms with Crippen LogP contribution < -0.4 is 10.6 Å². The number of hydrogen-bond donors (Lipinski definition) is 2. The molecule has 2 nitrogen and oxygen atoms in total. The normalized spacial score (nSPS) is 11.1. The van der Waals surface area contributed by atoms with E-state index in [0.717, 1.165) is 25.2 Å². The van der Waals surface area contributed by atoms with Crippen LogP contribution in [0.3, 0.4) is 0 Å². The van der Waals surface area contributed by atoms with Gasteiger partial charge in [-0.05, 0) is 24.1 Å². The summed E-state index contributed by atoms with van der Waals surface area (Å²) in [5, 5.41) is 6.59. The Morgan fingerprint density at radius 2 is 2.00 bits per heavy atom. The molecule has 0 saturated heterocycles. The molecule has 0 radical (unpaired) electrons. The van der Waals surface area contributed by atoms with Gasteiger partial charge in [0, 0.05) is 25.7 Å². The van der Waals surface area contributed by atoms with E-state index >= 15 is 0 Å². The van der Waals surface area contributed by atoms with Crippen molar-refractivity contribution in [1.29, 1.82) is 0 Å². The lowest BCUT2D eigenvalue weighted by atomic mass is 10.1. The lowest BCUT2D eigenvalue weighted by molar-refractivity contribution is 0.554. The van der Waals surface area contributed by atoms with Crippen molar-refractivity contribution < 1.29 is 4.39 Å². The van der Waals surface area contributed by atoms with Crippen LogP contribution in [0.15, 0.2) is 18.2 Å². The maximum absolute atomic E-state index is 13.2. The topological polar surface area (TPSA) is 24.1 Å². The van der Waals surface area contributed by atoms with Crippen LogP contribution in [-0.2, 0) is 6.54 Å². The number of benzene rings is 1. The van der Waals surface area contributed by atoms with Crippen molar-refractivity contribution in [2.45, 2.75) is 33.4 Å². The largest absolute Gasteiger partial charge is 0.313 e. The fourth-order valence-electron chi connectivity index (χ4n) is 1.43. The molecule has 0 saturated carbocycles. The highest BCUT2D eigenvalue weighted by molar-refractivity contribution is 5.23. The second kappa shape index (κ2) is 6.61. The Morgan fingerprint density at radius 3 is 2.62 bits per heavy atom. The molecular weight excluding hydrogens is 203 g/mol. The average Bonchev–Trinajstić information content (AvgIpc) is 2.22. The Kier molecular flexibility index (Phi) is 5.43. The molecule has 0 spiro atoms. The van der Waals surface area contributed by atoms with Crippen molar-refractivity contribution in [3.63, 3.8) is 0 Å². The van der Waals surface area contributed by atoms with E-state index in [4.69, 9.17) is 0 Å². The van der Waals surface area contributed by atoms with Gasteiger partial charge < -0.3 is 10.6 Å². The van der Waals surface area contributed by atoms with Gasteiger partial charge >= 0.3 is 0 Å². The Balaban J connectivity index is 2.24. The summed E-state index contributed by atoms with van der Waals surface area (Å²) in [6, 6.07) is 5.89. The molecule has 16 heavy (non-hydrogen) atoms. The minimum atomic E-state index is -0.125. The molecule has 3 heteroatoms. The lowest BCUT2D eigenvalue weighted by Crippen LogP contribution is -2.31. The summed E-state index contributed by atoms with van der Waals surface area (Å²) in [4.78, 5) is 0. The summed E-state index contributed by atoms with van der Waals surface area (Å²) in [7, 11) is 0. The van der Waals surface area contributed by atoms with Crippen LogP contribution >= 0.6 is 0 Å². The van der Waals surface area contributed by atoms with Gasteiger partial charge in [-0.15, -0.1) is 0 Å². The third-order valence-electron chi connectivity index (χ3n) is 2.42. The molecule has 1 rings (SSSR count). The minimum Gasteiger partial charge on any atom is -0.313 e. The summed E-state index contributed by atoms with van der Waals surface area (Å²) in [5.74, 6) is -0.125. The zero-order valence-electron chi connectivity index (χ0n) is 10.3. The standard InChI is InChI=1S/C13H21FN2/c1-10(2)16-7-6-15-9-12-5-4-11(3)13(14)8-12/h4-5,8,10,15-16H,6-7,9H2,1-3H3. The van der Waals surface area contributed by atoms with Crippen molar-refractivity contribution in [1.82, 2.24) is 10.6 Å². The van der Waals surface area contributed by atoms with E-state index in [1.54, 1.807) is 13.0 Å². The number of nitrogens with one attached hydrogen (secondary N) is 2. The van der Waals surface area contributed by atoms with Gasteiger partial charge in [0.2, 0.25) is 0 Å². The van der Waals surface area contributed by atoms with E-state index in [1.807, 2.05) is 12.1 Å². The predicted octanol–water partition coefficient (Wildman–Crippen LogP) is 2.22. The molecule has 0 aliphatic rings. The first-order valence-electron chi connectivity index (χ1n) is 5.78. The Labute approximate surface area is 97.3 Å². The molecule has 0 atom stereocenters. The Hall–Kier alpha value is -0.930. The van der Waals surface area contributed by atoms with Gasteiger partial charge in [-0.1, -0.05) is 26.0 Å². The fraction of sp³-hybridized carbons (Fsp3) is 0.538. The Morgan fingerprint density at radius 1 is 1.25 bits per heavy atom. The molecule has 1 aromatic carbocycles. The monoisotopic (exact) mass is 224 g/mol. The molecule has 0 amide bonds. The molecule has 0 bridgehead atoms. The molecule has 0 aliphatic carbocycles. The summed E-state index contributed by atoms with van der Waals surface area (Å²) in [6.07, 6.45) is 0. The van der Waals surface area contributed by atoms with Crippen LogP contribution in [0, 0.1) is 12.7 Å². The summed E-state index contributed by atoms with van der Waals surface area (Å²) < 4.78 is 13.2. The van der Waals surface area contributed by atoms with Gasteiger partial charge in [-0.3, -0.25) is 0 Å². The molecule has 0 fully saturated rings. The van der Waals surface area contributed by atoms with E-state index < -0.39 is 0 Å². The number of halogens is 1. The Bertz CT molecular complexity index is 324. The van der Waals surface area contributed by atoms with Crippen LogP contribution in [0.4, 0.5) is 4.39 Å². The van der Waals surface area contributed by atoms with Crippen LogP contribution in [0.5, 0.6) is 0 Å². The molecule has 1 aromatic rings. The summed E-state index contributed by atoms with van der Waals surface area (Å²) in [5.41, 5.74) is 1.69. The highest BCUT2D eigenvalue weighted by Crippen LogP contribution is 2.08. The number of aryl methyl sites for hydroxylation is 1. The zero-order valence-corrected chi connectivity index (χ0v) is 10.3. The average molecular weight is 224 g/mol. The number of rotatable bonds is 6. The van der Waals surface area contributed by atoms with E-state index in [1.165, 1.54) is 0 Å². The van der Waals surface area contributed by atoms with E-state index in [-0.39, 0.29) is 5.82 Å². The van der Waals surface area contributed by atoms with Crippen molar-refractivity contribution in [3.05, 3.63) is 35.1 Å². The molecular formula is C13H21FN2. The fourth-order valence-corrected chi connectivity index (χ4v) is 1.43. The molecule has 90 valence electrons. The van der Waals surface area contributed by atoms with Gasteiger partial charge in [-0.2, -0.15) is 0 Å². The molecule has 0 heterocycles. The highest BCUT2D eigenvalue weighted by Gasteiger charge is 1.99. The van der Waals surface area contributed by atoms with Gasteiger partial charge in [0.25, 0.3) is 0 Å². The second-order valence-corrected chi connectivity index (χ2v) is 4.37. The summed E-state index contributed by atoms with van der Waals surface area (Å²) >= 11 is 0. The maximum atomic E-state index is 13.2. The van der Waals surface area contributed by atoms with Gasteiger partial charge in [-0.25, -0.2) is 4.39 Å². The molecule has 0 aliphatic heterocycles. The van der Waals surface area contributed by atoms with Gasteiger partial charge in [0.15, 0.2) is 0 Å². The van der Waals surface area contributed by atoms with Crippen molar-refractivity contribution >= 4 is 0 Å². The first kappa shape index (κ1) is 13.1. The SMILES string of the molecule is Cc1ccc(CNCCNC(C)C)cc1F.